The first kappa shape index (κ1) is 14.8. The fourth-order valence-corrected chi connectivity index (χ4v) is 2.93. The Labute approximate surface area is 119 Å². The number of hydrogen-bond donors (Lipinski definition) is 4. The Balaban J connectivity index is 1.92. The SMILES string of the molecule is CCc1[nH]nc(C(=O)NCC2CCCCC2CO)c1N. The number of nitrogens with two attached hydrogens (primary N) is 1. The standard InChI is InChI=1S/C14H24N4O2/c1-2-11-12(15)13(18-17-11)14(20)16-7-9-5-3-4-6-10(9)8-19/h9-10,19H,2-8,15H2,1H3,(H,16,20)(H,17,18). The van der Waals surface area contributed by atoms with Crippen molar-refractivity contribution in [2.24, 2.45) is 11.8 Å². The van der Waals surface area contributed by atoms with Crippen LogP contribution in [0.3, 0.4) is 0 Å². The second-order valence-electron chi connectivity index (χ2n) is 5.52. The fourth-order valence-electron chi connectivity index (χ4n) is 2.93. The molecule has 1 aliphatic carbocycles. The lowest BCUT2D eigenvalue weighted by molar-refractivity contribution is 0.0905. The van der Waals surface area contributed by atoms with Gasteiger partial charge in [0.25, 0.3) is 5.91 Å². The Morgan fingerprint density at radius 3 is 2.75 bits per heavy atom. The summed E-state index contributed by atoms with van der Waals surface area (Å²) in [5.41, 5.74) is 7.39. The second kappa shape index (κ2) is 6.74. The van der Waals surface area contributed by atoms with Gasteiger partial charge in [0.05, 0.1) is 11.4 Å². The minimum Gasteiger partial charge on any atom is -0.396 e. The van der Waals surface area contributed by atoms with Crippen molar-refractivity contribution < 1.29 is 9.90 Å². The van der Waals surface area contributed by atoms with Gasteiger partial charge in [0, 0.05) is 13.2 Å². The number of nitrogen functional groups attached to an aromatic ring is 1. The van der Waals surface area contributed by atoms with E-state index in [0.717, 1.165) is 25.0 Å². The van der Waals surface area contributed by atoms with E-state index in [9.17, 15) is 9.90 Å². The van der Waals surface area contributed by atoms with Crippen LogP contribution in [0, 0.1) is 11.8 Å². The van der Waals surface area contributed by atoms with Crippen molar-refractivity contribution >= 4 is 11.6 Å². The van der Waals surface area contributed by atoms with Crippen molar-refractivity contribution in [1.82, 2.24) is 15.5 Å². The van der Waals surface area contributed by atoms with Crippen molar-refractivity contribution in [3.05, 3.63) is 11.4 Å². The maximum absolute atomic E-state index is 12.1. The van der Waals surface area contributed by atoms with Crippen LogP contribution in [-0.4, -0.2) is 34.4 Å². The second-order valence-corrected chi connectivity index (χ2v) is 5.52. The number of carbonyl (C=O) groups is 1. The maximum Gasteiger partial charge on any atom is 0.273 e. The molecule has 1 aliphatic rings. The number of rotatable bonds is 5. The molecule has 0 radical (unpaired) electrons. The van der Waals surface area contributed by atoms with Crippen LogP contribution in [0.5, 0.6) is 0 Å². The van der Waals surface area contributed by atoms with Crippen molar-refractivity contribution in [2.45, 2.75) is 39.0 Å². The van der Waals surface area contributed by atoms with Crippen LogP contribution in [0.2, 0.25) is 0 Å². The third-order valence-electron chi connectivity index (χ3n) is 4.28. The summed E-state index contributed by atoms with van der Waals surface area (Å²) < 4.78 is 0. The van der Waals surface area contributed by atoms with Gasteiger partial charge >= 0.3 is 0 Å². The molecule has 6 heteroatoms. The highest BCUT2D eigenvalue weighted by Gasteiger charge is 2.25. The highest BCUT2D eigenvalue weighted by atomic mass is 16.3. The molecule has 1 saturated carbocycles. The molecule has 0 spiro atoms. The largest absolute Gasteiger partial charge is 0.396 e. The summed E-state index contributed by atoms with van der Waals surface area (Å²) in [5, 5.41) is 19.0. The summed E-state index contributed by atoms with van der Waals surface area (Å²) in [6.45, 7) is 2.74. The molecule has 2 unspecified atom stereocenters. The molecular formula is C14H24N4O2. The molecule has 20 heavy (non-hydrogen) atoms. The number of aromatic amines is 1. The van der Waals surface area contributed by atoms with Crippen LogP contribution in [0.15, 0.2) is 0 Å². The van der Waals surface area contributed by atoms with Gasteiger partial charge in [0.2, 0.25) is 0 Å². The number of aromatic nitrogens is 2. The highest BCUT2D eigenvalue weighted by Crippen LogP contribution is 2.29. The van der Waals surface area contributed by atoms with Gasteiger partial charge in [0.1, 0.15) is 0 Å². The highest BCUT2D eigenvalue weighted by molar-refractivity contribution is 5.97. The van der Waals surface area contributed by atoms with E-state index in [1.807, 2.05) is 6.92 Å². The molecule has 0 aliphatic heterocycles. The minimum absolute atomic E-state index is 0.199. The first-order valence-electron chi connectivity index (χ1n) is 7.39. The van der Waals surface area contributed by atoms with Crippen LogP contribution in [0.1, 0.15) is 48.8 Å². The lowest BCUT2D eigenvalue weighted by Crippen LogP contribution is -2.35. The van der Waals surface area contributed by atoms with Crippen molar-refractivity contribution in [3.63, 3.8) is 0 Å². The molecular weight excluding hydrogens is 256 g/mol. The van der Waals surface area contributed by atoms with Crippen molar-refractivity contribution in [2.75, 3.05) is 18.9 Å². The van der Waals surface area contributed by atoms with Gasteiger partial charge in [-0.2, -0.15) is 5.10 Å². The zero-order valence-corrected chi connectivity index (χ0v) is 12.0. The molecule has 1 amide bonds. The molecule has 112 valence electrons. The van der Waals surface area contributed by atoms with Crippen molar-refractivity contribution in [3.8, 4) is 0 Å². The third kappa shape index (κ3) is 3.12. The quantitative estimate of drug-likeness (QED) is 0.648. The molecule has 6 nitrogen and oxygen atoms in total. The summed E-state index contributed by atoms with van der Waals surface area (Å²) in [7, 11) is 0. The van der Waals surface area contributed by atoms with Crippen LogP contribution in [0.4, 0.5) is 5.69 Å². The van der Waals surface area contributed by atoms with Crippen molar-refractivity contribution in [1.29, 1.82) is 0 Å². The van der Waals surface area contributed by atoms with Gasteiger partial charge in [-0.15, -0.1) is 0 Å². The Kier molecular flexibility index (Phi) is 5.00. The molecule has 2 atom stereocenters. The lowest BCUT2D eigenvalue weighted by Gasteiger charge is -2.30. The number of aliphatic hydroxyl groups is 1. The zero-order chi connectivity index (χ0) is 14.5. The molecule has 2 rings (SSSR count). The number of amides is 1. The summed E-state index contributed by atoms with van der Waals surface area (Å²) in [6, 6.07) is 0. The number of H-pyrrole nitrogens is 1. The van der Waals surface area contributed by atoms with Gasteiger partial charge < -0.3 is 16.2 Å². The Bertz CT molecular complexity index is 458. The monoisotopic (exact) mass is 280 g/mol. The molecule has 1 heterocycles. The van der Waals surface area contributed by atoms with E-state index in [4.69, 9.17) is 5.73 Å². The van der Waals surface area contributed by atoms with Crippen LogP contribution < -0.4 is 11.1 Å². The van der Waals surface area contributed by atoms with Gasteiger partial charge in [-0.05, 0) is 31.1 Å². The Morgan fingerprint density at radius 1 is 1.45 bits per heavy atom. The van der Waals surface area contributed by atoms with E-state index in [1.165, 1.54) is 12.8 Å². The topological polar surface area (TPSA) is 104 Å². The number of nitrogens with one attached hydrogen (secondary N) is 2. The number of aryl methyl sites for hydroxylation is 1. The number of anilines is 1. The normalized spacial score (nSPS) is 22.7. The first-order valence-corrected chi connectivity index (χ1v) is 7.39. The van der Waals surface area contributed by atoms with Crippen LogP contribution >= 0.6 is 0 Å². The number of aliphatic hydroxyl groups excluding tert-OH is 1. The molecule has 1 aromatic rings. The smallest absolute Gasteiger partial charge is 0.273 e. The Morgan fingerprint density at radius 2 is 2.15 bits per heavy atom. The summed E-state index contributed by atoms with van der Waals surface area (Å²) in [4.78, 5) is 12.1. The molecule has 1 fully saturated rings. The fraction of sp³-hybridized carbons (Fsp3) is 0.714. The van der Waals surface area contributed by atoms with Crippen LogP contribution in [0.25, 0.3) is 0 Å². The molecule has 1 aromatic heterocycles. The number of hydrogen-bond acceptors (Lipinski definition) is 4. The first-order chi connectivity index (χ1) is 9.67. The van der Waals surface area contributed by atoms with Crippen LogP contribution in [-0.2, 0) is 6.42 Å². The van der Waals surface area contributed by atoms with E-state index < -0.39 is 0 Å². The van der Waals surface area contributed by atoms with E-state index in [0.29, 0.717) is 24.1 Å². The summed E-state index contributed by atoms with van der Waals surface area (Å²) >= 11 is 0. The molecule has 0 aromatic carbocycles. The van der Waals surface area contributed by atoms with E-state index in [2.05, 4.69) is 15.5 Å². The number of nitrogens with zero attached hydrogens (tertiary/aromatic N) is 1. The van der Waals surface area contributed by atoms with E-state index in [-0.39, 0.29) is 18.2 Å². The van der Waals surface area contributed by atoms with E-state index >= 15 is 0 Å². The van der Waals surface area contributed by atoms with E-state index in [1.54, 1.807) is 0 Å². The minimum atomic E-state index is -0.235. The average Bonchev–Trinajstić information content (AvgIpc) is 2.86. The van der Waals surface area contributed by atoms with Gasteiger partial charge in [-0.25, -0.2) is 0 Å². The zero-order valence-electron chi connectivity index (χ0n) is 12.0. The molecule has 5 N–H and O–H groups in total. The maximum atomic E-state index is 12.1. The average molecular weight is 280 g/mol. The predicted molar refractivity (Wildman–Crippen MR) is 77.2 cm³/mol. The summed E-state index contributed by atoms with van der Waals surface area (Å²) in [6.07, 6.45) is 5.16. The van der Waals surface area contributed by atoms with Gasteiger partial charge in [0.15, 0.2) is 5.69 Å². The lowest BCUT2D eigenvalue weighted by atomic mass is 9.79. The molecule has 0 bridgehead atoms. The van der Waals surface area contributed by atoms with Gasteiger partial charge in [-0.1, -0.05) is 19.8 Å². The molecule has 0 saturated heterocycles. The predicted octanol–water partition coefficient (Wildman–Crippen LogP) is 1.08. The van der Waals surface area contributed by atoms with Gasteiger partial charge in [-0.3, -0.25) is 9.89 Å². The number of carbonyl (C=O) groups excluding carboxylic acids is 1. The Hall–Kier alpha value is -1.56. The third-order valence-corrected chi connectivity index (χ3v) is 4.28. The summed E-state index contributed by atoms with van der Waals surface area (Å²) in [5.74, 6) is 0.413.